The lowest BCUT2D eigenvalue weighted by Gasteiger charge is -2.23. The molecule has 108 valence electrons. The summed E-state index contributed by atoms with van der Waals surface area (Å²) in [5, 5.41) is 11.9. The first kappa shape index (κ1) is 15.0. The van der Waals surface area contributed by atoms with Crippen molar-refractivity contribution in [2.45, 2.75) is 19.6 Å². The smallest absolute Gasteiger partial charge is 0.347 e. The van der Waals surface area contributed by atoms with Crippen LogP contribution < -0.4 is 4.90 Å². The zero-order valence-corrected chi connectivity index (χ0v) is 13.1. The number of nitrogens with zero attached hydrogens (tertiary/aromatic N) is 2. The van der Waals surface area contributed by atoms with E-state index in [0.29, 0.717) is 10.8 Å². The van der Waals surface area contributed by atoms with Crippen LogP contribution in [0.3, 0.4) is 0 Å². The van der Waals surface area contributed by atoms with E-state index >= 15 is 0 Å². The minimum absolute atomic E-state index is 0.151. The first-order valence-electron chi connectivity index (χ1n) is 6.02. The summed E-state index contributed by atoms with van der Waals surface area (Å²) in [7, 11) is 3.45. The van der Waals surface area contributed by atoms with Gasteiger partial charge in [-0.15, -0.1) is 11.3 Å². The molecule has 0 aliphatic rings. The van der Waals surface area contributed by atoms with Gasteiger partial charge in [-0.05, 0) is 18.4 Å². The fourth-order valence-corrected chi connectivity index (χ4v) is 3.55. The number of aromatic carboxylic acids is 1. The molecule has 0 amide bonds. The van der Waals surface area contributed by atoms with Crippen LogP contribution in [0.4, 0.5) is 5.13 Å². The molecule has 0 radical (unpaired) electrons. The third kappa shape index (κ3) is 3.00. The summed E-state index contributed by atoms with van der Waals surface area (Å²) in [5.74, 6) is -0.960. The Morgan fingerprint density at radius 1 is 1.60 bits per heavy atom. The molecule has 5 nitrogen and oxygen atoms in total. The van der Waals surface area contributed by atoms with Crippen LogP contribution in [-0.2, 0) is 11.3 Å². The Morgan fingerprint density at radius 2 is 2.35 bits per heavy atom. The van der Waals surface area contributed by atoms with Gasteiger partial charge in [-0.25, -0.2) is 9.78 Å². The summed E-state index contributed by atoms with van der Waals surface area (Å²) < 4.78 is 5.01. The van der Waals surface area contributed by atoms with Crippen LogP contribution in [0.2, 0.25) is 0 Å². The maximum Gasteiger partial charge on any atom is 0.347 e. The number of carbonyl (C=O) groups is 1. The van der Waals surface area contributed by atoms with E-state index in [-0.39, 0.29) is 17.5 Å². The van der Waals surface area contributed by atoms with Crippen LogP contribution >= 0.6 is 22.7 Å². The average Bonchev–Trinajstić information content (AvgIpc) is 3.06. The molecule has 1 atom stereocenters. The van der Waals surface area contributed by atoms with E-state index in [2.05, 4.69) is 18.0 Å². The number of hydrogen-bond acceptors (Lipinski definition) is 6. The standard InChI is InChI=1S/C13H16N2O3S2/c1-8(10-5-4-6-19-10)15(2)13-14-9(7-18-3)11(20-13)12(16)17/h4-6,8H,7H2,1-3H3,(H,16,17). The number of rotatable bonds is 6. The molecule has 0 spiro atoms. The highest BCUT2D eigenvalue weighted by Gasteiger charge is 2.22. The molecule has 2 rings (SSSR count). The molecule has 1 N–H and O–H groups in total. The lowest BCUT2D eigenvalue weighted by atomic mass is 10.2. The summed E-state index contributed by atoms with van der Waals surface area (Å²) in [6.07, 6.45) is 0. The quantitative estimate of drug-likeness (QED) is 0.887. The van der Waals surface area contributed by atoms with Crippen molar-refractivity contribution in [3.05, 3.63) is 33.0 Å². The van der Waals surface area contributed by atoms with Gasteiger partial charge in [-0.1, -0.05) is 17.4 Å². The van der Waals surface area contributed by atoms with Gasteiger partial charge < -0.3 is 14.7 Å². The molecule has 0 bridgehead atoms. The molecular weight excluding hydrogens is 296 g/mol. The first-order chi connectivity index (χ1) is 9.54. The third-order valence-electron chi connectivity index (χ3n) is 3.00. The van der Waals surface area contributed by atoms with E-state index in [1.165, 1.54) is 23.3 Å². The molecule has 2 heterocycles. The Balaban J connectivity index is 2.28. The fraction of sp³-hybridized carbons (Fsp3) is 0.385. The van der Waals surface area contributed by atoms with Crippen LogP contribution in [0.5, 0.6) is 0 Å². The van der Waals surface area contributed by atoms with Gasteiger partial charge in [-0.3, -0.25) is 0 Å². The Bertz CT molecular complexity index is 580. The van der Waals surface area contributed by atoms with Gasteiger partial charge in [0.05, 0.1) is 18.3 Å². The van der Waals surface area contributed by atoms with Crippen molar-refractivity contribution in [1.82, 2.24) is 4.98 Å². The van der Waals surface area contributed by atoms with Crippen molar-refractivity contribution in [2.24, 2.45) is 0 Å². The van der Waals surface area contributed by atoms with Crippen LogP contribution in [0.1, 0.15) is 33.2 Å². The van der Waals surface area contributed by atoms with Gasteiger partial charge in [-0.2, -0.15) is 0 Å². The minimum atomic E-state index is -0.960. The van der Waals surface area contributed by atoms with Crippen LogP contribution in [0.15, 0.2) is 17.5 Å². The Labute approximate surface area is 125 Å². The largest absolute Gasteiger partial charge is 0.477 e. The molecule has 2 aromatic heterocycles. The summed E-state index contributed by atoms with van der Waals surface area (Å²) in [5.41, 5.74) is 0.477. The zero-order valence-electron chi connectivity index (χ0n) is 11.5. The lowest BCUT2D eigenvalue weighted by molar-refractivity contribution is 0.0697. The Kier molecular flexibility index (Phi) is 4.74. The van der Waals surface area contributed by atoms with Crippen LogP contribution in [-0.4, -0.2) is 30.2 Å². The van der Waals surface area contributed by atoms with Gasteiger partial charge >= 0.3 is 5.97 Å². The molecule has 0 aliphatic carbocycles. The Morgan fingerprint density at radius 3 is 2.90 bits per heavy atom. The second-order valence-electron chi connectivity index (χ2n) is 4.31. The highest BCUT2D eigenvalue weighted by molar-refractivity contribution is 7.17. The topological polar surface area (TPSA) is 62.7 Å². The van der Waals surface area contributed by atoms with E-state index in [9.17, 15) is 9.90 Å². The number of aromatic nitrogens is 1. The van der Waals surface area contributed by atoms with E-state index < -0.39 is 5.97 Å². The van der Waals surface area contributed by atoms with Crippen LogP contribution in [0.25, 0.3) is 0 Å². The second kappa shape index (κ2) is 6.34. The molecule has 2 aromatic rings. The van der Waals surface area contributed by atoms with E-state index in [1.807, 2.05) is 23.4 Å². The second-order valence-corrected chi connectivity index (χ2v) is 6.27. The van der Waals surface area contributed by atoms with E-state index in [1.54, 1.807) is 11.3 Å². The molecule has 7 heteroatoms. The fourth-order valence-electron chi connectivity index (χ4n) is 1.78. The molecule has 0 saturated heterocycles. The van der Waals surface area contributed by atoms with Crippen LogP contribution in [0, 0.1) is 0 Å². The van der Waals surface area contributed by atoms with Crippen molar-refractivity contribution in [3.63, 3.8) is 0 Å². The van der Waals surface area contributed by atoms with Crippen molar-refractivity contribution < 1.29 is 14.6 Å². The highest BCUT2D eigenvalue weighted by Crippen LogP contribution is 2.33. The lowest BCUT2D eigenvalue weighted by Crippen LogP contribution is -2.20. The Hall–Kier alpha value is -1.44. The number of methoxy groups -OCH3 is 1. The molecule has 0 saturated carbocycles. The SMILES string of the molecule is COCc1nc(N(C)C(C)c2cccs2)sc1C(=O)O. The van der Waals surface area contributed by atoms with E-state index in [0.717, 1.165) is 0 Å². The molecule has 20 heavy (non-hydrogen) atoms. The highest BCUT2D eigenvalue weighted by atomic mass is 32.1. The zero-order chi connectivity index (χ0) is 14.7. The van der Waals surface area contributed by atoms with Gasteiger partial charge in [0.2, 0.25) is 0 Å². The molecular formula is C13H16N2O3S2. The average molecular weight is 312 g/mol. The first-order valence-corrected chi connectivity index (χ1v) is 7.72. The molecule has 0 fully saturated rings. The number of carboxylic acids is 1. The van der Waals surface area contributed by atoms with Crippen molar-refractivity contribution in [1.29, 1.82) is 0 Å². The number of thiazole rings is 1. The minimum Gasteiger partial charge on any atom is -0.477 e. The predicted molar refractivity (Wildman–Crippen MR) is 80.9 cm³/mol. The normalized spacial score (nSPS) is 12.3. The summed E-state index contributed by atoms with van der Waals surface area (Å²) >= 11 is 2.86. The summed E-state index contributed by atoms with van der Waals surface area (Å²) in [4.78, 5) is 19.1. The molecule has 0 aromatic carbocycles. The number of hydrogen-bond donors (Lipinski definition) is 1. The molecule has 0 aliphatic heterocycles. The monoisotopic (exact) mass is 312 g/mol. The number of ether oxygens (including phenoxy) is 1. The third-order valence-corrected chi connectivity index (χ3v) is 5.22. The predicted octanol–water partition coefficient (Wildman–Crippen LogP) is 3.25. The van der Waals surface area contributed by atoms with Gasteiger partial charge in [0, 0.05) is 19.0 Å². The number of carboxylic acid groups (broad SMARTS) is 1. The summed E-state index contributed by atoms with van der Waals surface area (Å²) in [6.45, 7) is 2.28. The van der Waals surface area contributed by atoms with Gasteiger partial charge in [0.15, 0.2) is 5.13 Å². The van der Waals surface area contributed by atoms with Gasteiger partial charge in [0.1, 0.15) is 4.88 Å². The van der Waals surface area contributed by atoms with Gasteiger partial charge in [0.25, 0.3) is 0 Å². The van der Waals surface area contributed by atoms with Crippen molar-refractivity contribution >= 4 is 33.8 Å². The number of thiophene rings is 1. The maximum absolute atomic E-state index is 11.2. The maximum atomic E-state index is 11.2. The van der Waals surface area contributed by atoms with Crippen molar-refractivity contribution in [3.8, 4) is 0 Å². The molecule has 1 unspecified atom stereocenters. The van der Waals surface area contributed by atoms with Crippen molar-refractivity contribution in [2.75, 3.05) is 19.1 Å². The summed E-state index contributed by atoms with van der Waals surface area (Å²) in [6, 6.07) is 4.22. The van der Waals surface area contributed by atoms with E-state index in [4.69, 9.17) is 4.74 Å². The number of anilines is 1.